The van der Waals surface area contributed by atoms with Gasteiger partial charge in [-0.05, 0) is 48.7 Å². The van der Waals surface area contributed by atoms with Crippen LogP contribution in [0.4, 0.5) is 8.78 Å². The number of hydrogen-bond acceptors (Lipinski definition) is 6. The molecule has 1 N–H and O–H groups in total. The summed E-state index contributed by atoms with van der Waals surface area (Å²) in [5, 5.41) is 0. The molecule has 1 saturated carbocycles. The lowest BCUT2D eigenvalue weighted by Gasteiger charge is -2.12. The van der Waals surface area contributed by atoms with Gasteiger partial charge in [-0.15, -0.1) is 0 Å². The van der Waals surface area contributed by atoms with Gasteiger partial charge in [-0.1, -0.05) is 12.1 Å². The molecular weight excluding hydrogens is 408 g/mol. The maximum atomic E-state index is 12.5. The van der Waals surface area contributed by atoms with Crippen LogP contribution in [0.25, 0.3) is 0 Å². The molecule has 0 spiro atoms. The van der Waals surface area contributed by atoms with E-state index in [1.54, 1.807) is 0 Å². The molecule has 29 heavy (non-hydrogen) atoms. The van der Waals surface area contributed by atoms with Gasteiger partial charge in [0.2, 0.25) is 10.0 Å². The van der Waals surface area contributed by atoms with E-state index in [0.29, 0.717) is 5.56 Å². The van der Waals surface area contributed by atoms with Gasteiger partial charge in [-0.3, -0.25) is 0 Å². The Balaban J connectivity index is 1.69. The monoisotopic (exact) mass is 427 g/mol. The van der Waals surface area contributed by atoms with E-state index in [4.69, 9.17) is 9.47 Å². The lowest BCUT2D eigenvalue weighted by atomic mass is 10.2. The Labute approximate surface area is 166 Å². The third kappa shape index (κ3) is 5.64. The first-order valence-corrected chi connectivity index (χ1v) is 10.2. The first-order valence-electron chi connectivity index (χ1n) is 8.70. The summed E-state index contributed by atoms with van der Waals surface area (Å²) in [6, 6.07) is 9.51. The smallest absolute Gasteiger partial charge is 0.387 e. The molecule has 1 aliphatic rings. The number of carbonyl (C=O) groups excluding carboxylic acids is 1. The Hall–Kier alpha value is -2.72. The van der Waals surface area contributed by atoms with Crippen LogP contribution in [0.2, 0.25) is 0 Å². The van der Waals surface area contributed by atoms with E-state index in [9.17, 15) is 22.0 Å². The van der Waals surface area contributed by atoms with Crippen molar-refractivity contribution < 1.29 is 36.2 Å². The molecule has 3 rings (SSSR count). The molecule has 156 valence electrons. The topological polar surface area (TPSA) is 90.9 Å². The fourth-order valence-electron chi connectivity index (χ4n) is 2.50. The summed E-state index contributed by atoms with van der Waals surface area (Å²) in [6.07, 6.45) is 1.54. The highest BCUT2D eigenvalue weighted by Crippen LogP contribution is 2.28. The van der Waals surface area contributed by atoms with E-state index >= 15 is 0 Å². The number of hydrogen-bond donors (Lipinski definition) is 1. The maximum absolute atomic E-state index is 12.5. The van der Waals surface area contributed by atoms with E-state index in [1.807, 2.05) is 0 Å². The van der Waals surface area contributed by atoms with Crippen LogP contribution in [0.15, 0.2) is 47.4 Å². The minimum atomic E-state index is -3.84. The molecule has 0 unspecified atom stereocenters. The van der Waals surface area contributed by atoms with Crippen LogP contribution in [-0.4, -0.2) is 34.2 Å². The van der Waals surface area contributed by atoms with Crippen molar-refractivity contribution in [2.24, 2.45) is 0 Å². The zero-order chi connectivity index (χ0) is 21.0. The molecule has 0 bridgehead atoms. The minimum Gasteiger partial charge on any atom is -0.495 e. The van der Waals surface area contributed by atoms with E-state index in [0.717, 1.165) is 12.8 Å². The van der Waals surface area contributed by atoms with Crippen molar-refractivity contribution in [2.75, 3.05) is 7.11 Å². The van der Waals surface area contributed by atoms with Gasteiger partial charge < -0.3 is 14.2 Å². The fourth-order valence-corrected chi connectivity index (χ4v) is 4.00. The number of methoxy groups -OCH3 is 1. The van der Waals surface area contributed by atoms with Crippen molar-refractivity contribution in [3.8, 4) is 11.5 Å². The standard InChI is InChI=1S/C19H19F2NO6S/c1-26-16-9-4-13(10-17(16)29(24,25)22-14-5-6-14)18(23)27-11-12-2-7-15(8-3-12)28-19(20)21/h2-4,7-10,14,19,22H,5-6,11H2,1H3. The van der Waals surface area contributed by atoms with E-state index in [1.165, 1.54) is 49.6 Å². The zero-order valence-electron chi connectivity index (χ0n) is 15.4. The molecule has 2 aromatic rings. The Bertz CT molecular complexity index is 975. The molecular formula is C19H19F2NO6S. The summed E-state index contributed by atoms with van der Waals surface area (Å²) in [4.78, 5) is 12.2. The number of alkyl halides is 2. The first-order chi connectivity index (χ1) is 13.8. The van der Waals surface area contributed by atoms with Gasteiger partial charge in [0, 0.05) is 6.04 Å². The summed E-state index contributed by atoms with van der Waals surface area (Å²) < 4.78 is 66.4. The summed E-state index contributed by atoms with van der Waals surface area (Å²) in [5.41, 5.74) is 0.594. The number of rotatable bonds is 9. The van der Waals surface area contributed by atoms with Crippen molar-refractivity contribution in [2.45, 2.75) is 37.0 Å². The van der Waals surface area contributed by atoms with Crippen molar-refractivity contribution in [3.63, 3.8) is 0 Å². The number of nitrogens with one attached hydrogen (secondary N) is 1. The SMILES string of the molecule is COc1ccc(C(=O)OCc2ccc(OC(F)F)cc2)cc1S(=O)(=O)NC1CC1. The number of ether oxygens (including phenoxy) is 3. The molecule has 0 radical (unpaired) electrons. The van der Waals surface area contributed by atoms with Crippen LogP contribution >= 0.6 is 0 Å². The zero-order valence-corrected chi connectivity index (χ0v) is 16.2. The average Bonchev–Trinajstić information content (AvgIpc) is 3.49. The molecule has 2 aromatic carbocycles. The minimum absolute atomic E-state index is 0.0109. The second-order valence-electron chi connectivity index (χ2n) is 6.36. The van der Waals surface area contributed by atoms with Crippen molar-refractivity contribution in [3.05, 3.63) is 53.6 Å². The van der Waals surface area contributed by atoms with E-state index in [-0.39, 0.29) is 34.6 Å². The number of halogens is 2. The third-order valence-corrected chi connectivity index (χ3v) is 5.65. The van der Waals surface area contributed by atoms with Crippen LogP contribution in [0.5, 0.6) is 11.5 Å². The molecule has 0 saturated heterocycles. The number of sulfonamides is 1. The highest BCUT2D eigenvalue weighted by atomic mass is 32.2. The van der Waals surface area contributed by atoms with E-state index in [2.05, 4.69) is 9.46 Å². The number of carbonyl (C=O) groups is 1. The largest absolute Gasteiger partial charge is 0.495 e. The molecule has 0 atom stereocenters. The lowest BCUT2D eigenvalue weighted by molar-refractivity contribution is -0.0498. The van der Waals surface area contributed by atoms with Gasteiger partial charge in [0.15, 0.2) is 0 Å². The maximum Gasteiger partial charge on any atom is 0.387 e. The highest BCUT2D eigenvalue weighted by molar-refractivity contribution is 7.89. The number of benzene rings is 2. The summed E-state index contributed by atoms with van der Waals surface area (Å²) >= 11 is 0. The van der Waals surface area contributed by atoms with Crippen molar-refractivity contribution in [1.82, 2.24) is 4.72 Å². The Morgan fingerprint density at radius 2 is 1.86 bits per heavy atom. The van der Waals surface area contributed by atoms with Crippen LogP contribution in [0.3, 0.4) is 0 Å². The van der Waals surface area contributed by atoms with Gasteiger partial charge in [-0.2, -0.15) is 8.78 Å². The molecule has 1 fully saturated rings. The summed E-state index contributed by atoms with van der Waals surface area (Å²) in [5.74, 6) is -0.629. The Morgan fingerprint density at radius 3 is 2.45 bits per heavy atom. The quantitative estimate of drug-likeness (QED) is 0.619. The number of esters is 1. The van der Waals surface area contributed by atoms with Gasteiger partial charge >= 0.3 is 12.6 Å². The van der Waals surface area contributed by atoms with Crippen LogP contribution in [-0.2, 0) is 21.4 Å². The van der Waals surface area contributed by atoms with Crippen molar-refractivity contribution >= 4 is 16.0 Å². The molecule has 10 heteroatoms. The highest BCUT2D eigenvalue weighted by Gasteiger charge is 2.30. The van der Waals surface area contributed by atoms with Gasteiger partial charge in [-0.25, -0.2) is 17.9 Å². The fraction of sp³-hybridized carbons (Fsp3) is 0.316. The average molecular weight is 427 g/mol. The van der Waals surface area contributed by atoms with Crippen molar-refractivity contribution in [1.29, 1.82) is 0 Å². The molecule has 1 aliphatic carbocycles. The summed E-state index contributed by atoms with van der Waals surface area (Å²) in [6.45, 7) is -3.05. The second-order valence-corrected chi connectivity index (χ2v) is 8.04. The van der Waals surface area contributed by atoms with Crippen LogP contribution in [0.1, 0.15) is 28.8 Å². The Morgan fingerprint density at radius 1 is 1.17 bits per heavy atom. The predicted octanol–water partition coefficient (Wildman–Crippen LogP) is 3.09. The molecule has 0 amide bonds. The summed E-state index contributed by atoms with van der Waals surface area (Å²) in [7, 11) is -2.50. The van der Waals surface area contributed by atoms with Gasteiger partial charge in [0.25, 0.3) is 0 Å². The lowest BCUT2D eigenvalue weighted by Crippen LogP contribution is -2.26. The molecule has 0 heterocycles. The van der Waals surface area contributed by atoms with Crippen LogP contribution in [0, 0.1) is 0 Å². The van der Waals surface area contributed by atoms with Gasteiger partial charge in [0.05, 0.1) is 12.7 Å². The van der Waals surface area contributed by atoms with Gasteiger partial charge in [0.1, 0.15) is 23.0 Å². The second kappa shape index (κ2) is 8.75. The van der Waals surface area contributed by atoms with Crippen LogP contribution < -0.4 is 14.2 Å². The molecule has 7 nitrogen and oxygen atoms in total. The Kier molecular flexibility index (Phi) is 6.33. The molecule has 0 aromatic heterocycles. The third-order valence-electron chi connectivity index (χ3n) is 4.11. The normalized spacial score (nSPS) is 13.9. The predicted molar refractivity (Wildman–Crippen MR) is 98.5 cm³/mol. The van der Waals surface area contributed by atoms with E-state index < -0.39 is 22.6 Å². The first kappa shape index (κ1) is 21.0. The molecule has 0 aliphatic heterocycles.